The third kappa shape index (κ3) is 2.53. The summed E-state index contributed by atoms with van der Waals surface area (Å²) in [6.45, 7) is 0.423. The molecule has 0 radical (unpaired) electrons. The fraction of sp³-hybridized carbons (Fsp3) is 0.167. The van der Waals surface area contributed by atoms with Crippen LogP contribution < -0.4 is 11.2 Å². The Bertz CT molecular complexity index is 691. The van der Waals surface area contributed by atoms with E-state index >= 15 is 0 Å². The maximum absolute atomic E-state index is 13.1. The minimum absolute atomic E-state index is 0.216. The Morgan fingerprint density at radius 3 is 3.00 bits per heavy atom. The van der Waals surface area contributed by atoms with Crippen molar-refractivity contribution in [3.8, 4) is 0 Å². The van der Waals surface area contributed by atoms with Crippen molar-refractivity contribution in [2.75, 3.05) is 12.3 Å². The van der Waals surface area contributed by atoms with Gasteiger partial charge in [0.2, 0.25) is 0 Å². The van der Waals surface area contributed by atoms with Crippen LogP contribution in [0.15, 0.2) is 39.0 Å². The van der Waals surface area contributed by atoms with Crippen molar-refractivity contribution < 1.29 is 4.39 Å². The van der Waals surface area contributed by atoms with E-state index in [1.807, 2.05) is 6.08 Å². The molecule has 0 aromatic carbocycles. The van der Waals surface area contributed by atoms with Crippen LogP contribution in [0.1, 0.15) is 12.2 Å². The van der Waals surface area contributed by atoms with Crippen LogP contribution in [0.25, 0.3) is 0 Å². The van der Waals surface area contributed by atoms with Crippen molar-refractivity contribution in [3.63, 3.8) is 0 Å². The molecular weight excluding hydrogens is 283 g/mol. The first-order chi connectivity index (χ1) is 9.61. The Hall–Kier alpha value is -2.28. The van der Waals surface area contributed by atoms with Crippen molar-refractivity contribution >= 4 is 29.0 Å². The molecule has 0 aliphatic carbocycles. The van der Waals surface area contributed by atoms with Gasteiger partial charge in [0, 0.05) is 11.5 Å². The lowest BCUT2D eigenvalue weighted by molar-refractivity contribution is 0.619. The van der Waals surface area contributed by atoms with Gasteiger partial charge in [0.05, 0.1) is 12.7 Å². The van der Waals surface area contributed by atoms with Crippen LogP contribution in [-0.2, 0) is 0 Å². The van der Waals surface area contributed by atoms with Crippen LogP contribution in [0.2, 0.25) is 0 Å². The first-order valence-electron chi connectivity index (χ1n) is 5.84. The summed E-state index contributed by atoms with van der Waals surface area (Å²) >= 11 is 6.03. The molecular formula is C12H10ClFN6. The van der Waals surface area contributed by atoms with Gasteiger partial charge in [0.15, 0.2) is 17.5 Å². The van der Waals surface area contributed by atoms with E-state index in [0.29, 0.717) is 29.5 Å². The van der Waals surface area contributed by atoms with E-state index in [-0.39, 0.29) is 11.6 Å². The van der Waals surface area contributed by atoms with E-state index in [1.165, 1.54) is 0 Å². The van der Waals surface area contributed by atoms with Gasteiger partial charge in [-0.25, -0.2) is 14.4 Å². The maximum atomic E-state index is 13.1. The molecule has 3 N–H and O–H groups in total. The Morgan fingerprint density at radius 1 is 1.35 bits per heavy atom. The van der Waals surface area contributed by atoms with Gasteiger partial charge in [-0.05, 0) is 17.7 Å². The number of nitrogens with one attached hydrogen (secondary N) is 1. The molecule has 2 aliphatic rings. The molecule has 6 nitrogen and oxygen atoms in total. The molecule has 3 rings (SSSR count). The standard InChI is InChI=1S/C12H10ClFN6/c13-7-1-6-2-9(19-20-10(3-6)16-4-7)12-17-5-8(14)11(15)18-12/h1-2,5H,3-4H2,(H,16,20)(H2,15,17,18). The predicted molar refractivity (Wildman–Crippen MR) is 75.0 cm³/mol. The van der Waals surface area contributed by atoms with Gasteiger partial charge in [-0.3, -0.25) is 10.4 Å². The summed E-state index contributed by atoms with van der Waals surface area (Å²) in [7, 11) is 0. The van der Waals surface area contributed by atoms with Crippen molar-refractivity contribution in [1.29, 1.82) is 0 Å². The number of anilines is 1. The zero-order chi connectivity index (χ0) is 14.1. The minimum Gasteiger partial charge on any atom is -0.381 e. The van der Waals surface area contributed by atoms with Gasteiger partial charge in [-0.15, -0.1) is 0 Å². The van der Waals surface area contributed by atoms with Crippen LogP contribution >= 0.6 is 11.6 Å². The Balaban J connectivity index is 2.04. The highest BCUT2D eigenvalue weighted by molar-refractivity contribution is 6.30. The van der Waals surface area contributed by atoms with Crippen molar-refractivity contribution in [2.24, 2.45) is 10.1 Å². The number of hydrazone groups is 1. The molecule has 0 saturated heterocycles. The van der Waals surface area contributed by atoms with Crippen LogP contribution in [0.3, 0.4) is 0 Å². The van der Waals surface area contributed by atoms with Gasteiger partial charge >= 0.3 is 0 Å². The number of amidine groups is 1. The quantitative estimate of drug-likeness (QED) is 0.818. The van der Waals surface area contributed by atoms with Crippen molar-refractivity contribution in [1.82, 2.24) is 15.4 Å². The van der Waals surface area contributed by atoms with Crippen molar-refractivity contribution in [3.05, 3.63) is 40.6 Å². The summed E-state index contributed by atoms with van der Waals surface area (Å²) in [5, 5.41) is 4.79. The second-order valence-corrected chi connectivity index (χ2v) is 4.77. The Kier molecular flexibility index (Phi) is 3.19. The molecule has 2 bridgehead atoms. The molecule has 8 heteroatoms. The van der Waals surface area contributed by atoms with Crippen LogP contribution in [0.5, 0.6) is 0 Å². The van der Waals surface area contributed by atoms with E-state index in [9.17, 15) is 4.39 Å². The first kappa shape index (κ1) is 12.7. The first-order valence-corrected chi connectivity index (χ1v) is 6.21. The number of allylic oxidation sites excluding steroid dienone is 2. The lowest BCUT2D eigenvalue weighted by atomic mass is 10.1. The summed E-state index contributed by atoms with van der Waals surface area (Å²) in [6, 6.07) is 0. The number of nitrogens with two attached hydrogens (primary N) is 1. The van der Waals surface area contributed by atoms with Crippen LogP contribution in [0, 0.1) is 5.82 Å². The second-order valence-electron chi connectivity index (χ2n) is 4.29. The molecule has 0 saturated carbocycles. The number of aromatic nitrogens is 2. The van der Waals surface area contributed by atoms with E-state index in [0.717, 1.165) is 11.8 Å². The van der Waals surface area contributed by atoms with Gasteiger partial charge in [0.1, 0.15) is 11.5 Å². The molecule has 1 aromatic rings. The summed E-state index contributed by atoms with van der Waals surface area (Å²) < 4.78 is 13.1. The summed E-state index contributed by atoms with van der Waals surface area (Å²) in [5.74, 6) is 0.0615. The smallest absolute Gasteiger partial charge is 0.183 e. The van der Waals surface area contributed by atoms with E-state index in [1.54, 1.807) is 6.08 Å². The summed E-state index contributed by atoms with van der Waals surface area (Å²) in [5.41, 5.74) is 9.64. The average molecular weight is 293 g/mol. The molecule has 20 heavy (non-hydrogen) atoms. The number of hydrogen-bond acceptors (Lipinski definition) is 6. The zero-order valence-corrected chi connectivity index (χ0v) is 11.0. The van der Waals surface area contributed by atoms with E-state index in [2.05, 4.69) is 25.5 Å². The number of hydrogen-bond donors (Lipinski definition) is 2. The Morgan fingerprint density at radius 2 is 2.20 bits per heavy atom. The van der Waals surface area contributed by atoms with Crippen LogP contribution in [0.4, 0.5) is 10.2 Å². The predicted octanol–water partition coefficient (Wildman–Crippen LogP) is 1.36. The monoisotopic (exact) mass is 292 g/mol. The molecule has 0 spiro atoms. The third-order valence-electron chi connectivity index (χ3n) is 2.76. The highest BCUT2D eigenvalue weighted by Crippen LogP contribution is 2.18. The van der Waals surface area contributed by atoms with E-state index < -0.39 is 5.82 Å². The van der Waals surface area contributed by atoms with Crippen LogP contribution in [-0.4, -0.2) is 28.1 Å². The molecule has 0 atom stereocenters. The number of halogens is 2. The lowest BCUT2D eigenvalue weighted by Crippen LogP contribution is -2.18. The topological polar surface area (TPSA) is 88.5 Å². The normalized spacial score (nSPS) is 17.9. The highest BCUT2D eigenvalue weighted by Gasteiger charge is 2.16. The Labute approximate surface area is 119 Å². The summed E-state index contributed by atoms with van der Waals surface area (Å²) in [4.78, 5) is 12.0. The van der Waals surface area contributed by atoms with Gasteiger partial charge in [0.25, 0.3) is 0 Å². The molecule has 1 aromatic heterocycles. The number of aliphatic imine (C=N–C) groups is 1. The second kappa shape index (κ2) is 5.01. The molecule has 0 unspecified atom stereocenters. The molecule has 0 fully saturated rings. The van der Waals surface area contributed by atoms with Crippen molar-refractivity contribution in [2.45, 2.75) is 6.42 Å². The molecule has 102 valence electrons. The number of nitrogens with zero attached hydrogens (tertiary/aromatic N) is 4. The molecule has 2 aliphatic heterocycles. The number of rotatable bonds is 1. The summed E-state index contributed by atoms with van der Waals surface area (Å²) in [6.07, 6.45) is 5.20. The van der Waals surface area contributed by atoms with Gasteiger partial charge in [-0.1, -0.05) is 11.6 Å². The van der Waals surface area contributed by atoms with Gasteiger partial charge in [-0.2, -0.15) is 5.10 Å². The fourth-order valence-electron chi connectivity index (χ4n) is 1.84. The third-order valence-corrected chi connectivity index (χ3v) is 2.99. The zero-order valence-electron chi connectivity index (χ0n) is 10.3. The number of fused-ring (bicyclic) bond motifs is 2. The largest absolute Gasteiger partial charge is 0.381 e. The highest BCUT2D eigenvalue weighted by atomic mass is 35.5. The lowest BCUT2D eigenvalue weighted by Gasteiger charge is -2.02. The average Bonchev–Trinajstić information content (AvgIpc) is 2.72. The number of nitrogen functional groups attached to an aromatic ring is 1. The van der Waals surface area contributed by atoms with Gasteiger partial charge < -0.3 is 5.73 Å². The molecule has 3 heterocycles. The SMILES string of the molecule is Nc1nc(C2=NNC3=NCC(Cl)=CC(=C2)C3)ncc1F. The molecule has 0 amide bonds. The minimum atomic E-state index is -0.661. The van der Waals surface area contributed by atoms with E-state index in [4.69, 9.17) is 17.3 Å². The fourth-order valence-corrected chi connectivity index (χ4v) is 2.04. The maximum Gasteiger partial charge on any atom is 0.183 e.